The van der Waals surface area contributed by atoms with Gasteiger partial charge >= 0.3 is 5.97 Å². The number of benzene rings is 1. The highest BCUT2D eigenvalue weighted by Crippen LogP contribution is 2.36. The molecule has 2 rings (SSSR count). The summed E-state index contributed by atoms with van der Waals surface area (Å²) in [6.07, 6.45) is 3.83. The molecule has 126 valence electrons. The van der Waals surface area contributed by atoms with E-state index in [0.717, 1.165) is 25.7 Å². The number of carbonyl (C=O) groups is 2. The fourth-order valence-electron chi connectivity index (χ4n) is 2.94. The summed E-state index contributed by atoms with van der Waals surface area (Å²) >= 11 is 0. The second-order valence-electron chi connectivity index (χ2n) is 6.22. The largest absolute Gasteiger partial charge is 0.481 e. The predicted octanol–water partition coefficient (Wildman–Crippen LogP) is 3.85. The third-order valence-corrected chi connectivity index (χ3v) is 4.51. The molecule has 0 spiro atoms. The maximum absolute atomic E-state index is 13.2. The molecule has 1 atom stereocenters. The van der Waals surface area contributed by atoms with Crippen molar-refractivity contribution in [2.24, 2.45) is 11.8 Å². The first-order valence-electron chi connectivity index (χ1n) is 8.29. The molecular formula is C18H24FNO3. The monoisotopic (exact) mass is 321 g/mol. The van der Waals surface area contributed by atoms with E-state index in [9.17, 15) is 19.1 Å². The summed E-state index contributed by atoms with van der Waals surface area (Å²) in [4.78, 5) is 26.1. The van der Waals surface area contributed by atoms with Gasteiger partial charge in [0.05, 0.1) is 0 Å². The van der Waals surface area contributed by atoms with Crippen LogP contribution in [0.4, 0.5) is 10.1 Å². The number of halogens is 1. The van der Waals surface area contributed by atoms with E-state index >= 15 is 0 Å². The Morgan fingerprint density at radius 3 is 2.22 bits per heavy atom. The smallest absolute Gasteiger partial charge is 0.316 e. The Kier molecular flexibility index (Phi) is 5.74. The van der Waals surface area contributed by atoms with Crippen LogP contribution >= 0.6 is 0 Å². The topological polar surface area (TPSA) is 57.6 Å². The van der Waals surface area contributed by atoms with E-state index in [1.165, 1.54) is 12.1 Å². The third-order valence-electron chi connectivity index (χ3n) is 4.51. The molecule has 0 aliphatic heterocycles. The number of carbonyl (C=O) groups excluding carboxylic acids is 1. The molecule has 1 aromatic rings. The number of hydrogen-bond acceptors (Lipinski definition) is 2. The standard InChI is InChI=1S/C18H24FNO3/c1-3-14(4-2)20(15-9-7-13(19)8-10-15)17(21)16(18(22)23)11-12-5-6-12/h7-10,12,14,16H,3-6,11H2,1-2H3,(H,22,23). The summed E-state index contributed by atoms with van der Waals surface area (Å²) < 4.78 is 13.2. The van der Waals surface area contributed by atoms with Crippen LogP contribution in [0.1, 0.15) is 46.0 Å². The zero-order valence-electron chi connectivity index (χ0n) is 13.7. The number of amides is 1. The minimum absolute atomic E-state index is 0.0889. The van der Waals surface area contributed by atoms with Crippen molar-refractivity contribution >= 4 is 17.6 Å². The third kappa shape index (κ3) is 4.30. The summed E-state index contributed by atoms with van der Waals surface area (Å²) in [6.45, 7) is 3.93. The number of nitrogens with zero attached hydrogens (tertiary/aromatic N) is 1. The minimum atomic E-state index is -1.07. The Morgan fingerprint density at radius 1 is 1.22 bits per heavy atom. The Balaban J connectivity index is 2.32. The molecule has 1 N–H and O–H groups in total. The molecule has 0 saturated heterocycles. The van der Waals surface area contributed by atoms with E-state index in [1.54, 1.807) is 17.0 Å². The van der Waals surface area contributed by atoms with Gasteiger partial charge < -0.3 is 10.0 Å². The molecule has 5 heteroatoms. The van der Waals surface area contributed by atoms with E-state index in [2.05, 4.69) is 0 Å². The van der Waals surface area contributed by atoms with Crippen LogP contribution in [0.2, 0.25) is 0 Å². The molecule has 1 unspecified atom stereocenters. The minimum Gasteiger partial charge on any atom is -0.481 e. The van der Waals surface area contributed by atoms with E-state index < -0.39 is 11.9 Å². The molecule has 4 nitrogen and oxygen atoms in total. The van der Waals surface area contributed by atoms with Gasteiger partial charge in [0.25, 0.3) is 0 Å². The van der Waals surface area contributed by atoms with Crippen molar-refractivity contribution in [2.45, 2.75) is 52.0 Å². The molecule has 1 aromatic carbocycles. The van der Waals surface area contributed by atoms with Crippen LogP contribution in [-0.4, -0.2) is 23.0 Å². The van der Waals surface area contributed by atoms with Crippen molar-refractivity contribution in [2.75, 3.05) is 4.90 Å². The van der Waals surface area contributed by atoms with Crippen LogP contribution in [0.15, 0.2) is 24.3 Å². The first kappa shape index (κ1) is 17.4. The summed E-state index contributed by atoms with van der Waals surface area (Å²) in [5, 5.41) is 9.48. The van der Waals surface area contributed by atoms with Crippen LogP contribution < -0.4 is 4.90 Å². The zero-order chi connectivity index (χ0) is 17.0. The lowest BCUT2D eigenvalue weighted by Gasteiger charge is -2.32. The van der Waals surface area contributed by atoms with Gasteiger partial charge in [-0.1, -0.05) is 26.7 Å². The van der Waals surface area contributed by atoms with E-state index in [-0.39, 0.29) is 17.8 Å². The second kappa shape index (κ2) is 7.57. The highest BCUT2D eigenvalue weighted by atomic mass is 19.1. The normalized spacial score (nSPS) is 15.5. The van der Waals surface area contributed by atoms with Crippen LogP contribution in [-0.2, 0) is 9.59 Å². The molecule has 0 radical (unpaired) electrons. The van der Waals surface area contributed by atoms with Crippen molar-refractivity contribution in [1.29, 1.82) is 0 Å². The molecule has 1 aliphatic carbocycles. The van der Waals surface area contributed by atoms with Gasteiger partial charge in [0.1, 0.15) is 11.7 Å². The van der Waals surface area contributed by atoms with Gasteiger partial charge in [-0.3, -0.25) is 9.59 Å². The van der Waals surface area contributed by atoms with Crippen LogP contribution in [0, 0.1) is 17.7 Å². The summed E-state index contributed by atoms with van der Waals surface area (Å²) in [5.41, 5.74) is 0.562. The van der Waals surface area contributed by atoms with E-state index in [4.69, 9.17) is 0 Å². The molecule has 0 bridgehead atoms. The van der Waals surface area contributed by atoms with Crippen LogP contribution in [0.25, 0.3) is 0 Å². The molecule has 1 aliphatic rings. The fraction of sp³-hybridized carbons (Fsp3) is 0.556. The van der Waals surface area contributed by atoms with Gasteiger partial charge in [-0.15, -0.1) is 0 Å². The van der Waals surface area contributed by atoms with Crippen molar-refractivity contribution in [3.8, 4) is 0 Å². The molecule has 0 heterocycles. The Morgan fingerprint density at radius 2 is 1.78 bits per heavy atom. The number of carboxylic acid groups (broad SMARTS) is 1. The fourth-order valence-corrected chi connectivity index (χ4v) is 2.94. The maximum Gasteiger partial charge on any atom is 0.316 e. The number of rotatable bonds is 8. The van der Waals surface area contributed by atoms with Gasteiger partial charge in [0.2, 0.25) is 5.91 Å². The predicted molar refractivity (Wildman–Crippen MR) is 86.7 cm³/mol. The summed E-state index contributed by atoms with van der Waals surface area (Å²) in [7, 11) is 0. The average molecular weight is 321 g/mol. The Hall–Kier alpha value is -1.91. The van der Waals surface area contributed by atoms with Gasteiger partial charge in [0.15, 0.2) is 0 Å². The SMILES string of the molecule is CCC(CC)N(C(=O)C(CC1CC1)C(=O)O)c1ccc(F)cc1. The molecular weight excluding hydrogens is 297 g/mol. The lowest BCUT2D eigenvalue weighted by Crippen LogP contribution is -2.45. The molecule has 0 aromatic heterocycles. The first-order chi connectivity index (χ1) is 11.0. The Labute approximate surface area is 136 Å². The van der Waals surface area contributed by atoms with Crippen molar-refractivity contribution in [3.05, 3.63) is 30.1 Å². The highest BCUT2D eigenvalue weighted by Gasteiger charge is 2.38. The van der Waals surface area contributed by atoms with E-state index in [1.807, 2.05) is 13.8 Å². The second-order valence-corrected chi connectivity index (χ2v) is 6.22. The van der Waals surface area contributed by atoms with Crippen LogP contribution in [0.5, 0.6) is 0 Å². The van der Waals surface area contributed by atoms with Gasteiger partial charge in [-0.2, -0.15) is 0 Å². The lowest BCUT2D eigenvalue weighted by molar-refractivity contribution is -0.146. The number of anilines is 1. The highest BCUT2D eigenvalue weighted by molar-refractivity contribution is 6.06. The van der Waals surface area contributed by atoms with Crippen molar-refractivity contribution in [3.63, 3.8) is 0 Å². The van der Waals surface area contributed by atoms with E-state index in [0.29, 0.717) is 18.0 Å². The van der Waals surface area contributed by atoms with Crippen molar-refractivity contribution < 1.29 is 19.1 Å². The molecule has 1 fully saturated rings. The lowest BCUT2D eigenvalue weighted by atomic mass is 9.98. The number of aliphatic carboxylic acids is 1. The van der Waals surface area contributed by atoms with Gasteiger partial charge in [-0.25, -0.2) is 4.39 Å². The number of carboxylic acids is 1. The van der Waals surface area contributed by atoms with Crippen LogP contribution in [0.3, 0.4) is 0 Å². The maximum atomic E-state index is 13.2. The summed E-state index contributed by atoms with van der Waals surface area (Å²) in [5.74, 6) is -2.51. The van der Waals surface area contributed by atoms with Gasteiger partial charge in [-0.05, 0) is 49.4 Å². The Bertz CT molecular complexity index is 550. The van der Waals surface area contributed by atoms with Crippen molar-refractivity contribution in [1.82, 2.24) is 0 Å². The number of hydrogen-bond donors (Lipinski definition) is 1. The first-order valence-corrected chi connectivity index (χ1v) is 8.29. The quantitative estimate of drug-likeness (QED) is 0.740. The zero-order valence-corrected chi connectivity index (χ0v) is 13.7. The molecule has 1 saturated carbocycles. The summed E-state index contributed by atoms with van der Waals surface area (Å²) in [6, 6.07) is 5.60. The molecule has 23 heavy (non-hydrogen) atoms. The van der Waals surface area contributed by atoms with Gasteiger partial charge in [0, 0.05) is 11.7 Å². The average Bonchev–Trinajstić information content (AvgIpc) is 3.34. The molecule has 1 amide bonds.